The third-order valence-electron chi connectivity index (χ3n) is 2.84. The van der Waals surface area contributed by atoms with E-state index in [0.717, 1.165) is 18.4 Å². The molecule has 1 aromatic rings. The number of ether oxygens (including phenoxy) is 1. The molecule has 0 aliphatic carbocycles. The van der Waals surface area contributed by atoms with Gasteiger partial charge in [0.1, 0.15) is 5.75 Å². The van der Waals surface area contributed by atoms with Gasteiger partial charge in [0, 0.05) is 13.2 Å². The van der Waals surface area contributed by atoms with E-state index in [1.165, 1.54) is 6.07 Å². The molecule has 2 N–H and O–H groups in total. The van der Waals surface area contributed by atoms with Gasteiger partial charge in [0.2, 0.25) is 10.0 Å². The van der Waals surface area contributed by atoms with Crippen LogP contribution in [-0.4, -0.2) is 33.3 Å². The Kier molecular flexibility index (Phi) is 6.98. The average Bonchev–Trinajstić information content (AvgIpc) is 2.41. The van der Waals surface area contributed by atoms with E-state index in [1.807, 2.05) is 6.92 Å². The first-order chi connectivity index (χ1) is 9.51. The first kappa shape index (κ1) is 16.9. The van der Waals surface area contributed by atoms with Gasteiger partial charge in [-0.3, -0.25) is 0 Å². The van der Waals surface area contributed by atoms with Crippen molar-refractivity contribution in [1.29, 1.82) is 0 Å². The molecule has 0 aliphatic heterocycles. The van der Waals surface area contributed by atoms with Crippen molar-refractivity contribution in [2.75, 3.05) is 19.8 Å². The third kappa shape index (κ3) is 5.11. The van der Waals surface area contributed by atoms with Crippen LogP contribution in [0.25, 0.3) is 0 Å². The lowest BCUT2D eigenvalue weighted by molar-refractivity contribution is 0.289. The van der Waals surface area contributed by atoms with E-state index in [0.29, 0.717) is 18.8 Å². The van der Waals surface area contributed by atoms with Gasteiger partial charge in [-0.05, 0) is 43.5 Å². The summed E-state index contributed by atoms with van der Waals surface area (Å²) in [4.78, 5) is 0.218. The molecule has 0 amide bonds. The lowest BCUT2D eigenvalue weighted by Crippen LogP contribution is -2.25. The molecule has 0 aliphatic rings. The van der Waals surface area contributed by atoms with Crippen molar-refractivity contribution in [2.24, 2.45) is 0 Å². The highest BCUT2D eigenvalue weighted by Gasteiger charge is 2.14. The summed E-state index contributed by atoms with van der Waals surface area (Å²) in [7, 11) is -3.51. The van der Waals surface area contributed by atoms with Crippen LogP contribution in [0.2, 0.25) is 0 Å². The van der Waals surface area contributed by atoms with Crippen LogP contribution in [0.1, 0.15) is 31.7 Å². The summed E-state index contributed by atoms with van der Waals surface area (Å²) in [6, 6.07) is 4.82. The zero-order valence-electron chi connectivity index (χ0n) is 12.1. The van der Waals surface area contributed by atoms with Crippen LogP contribution in [0, 0.1) is 6.92 Å². The molecule has 1 rings (SSSR count). The second kappa shape index (κ2) is 8.24. The molecule has 0 saturated carbocycles. The number of aliphatic hydroxyl groups is 1. The fourth-order valence-corrected chi connectivity index (χ4v) is 2.81. The minimum Gasteiger partial charge on any atom is -0.493 e. The molecule has 0 bridgehead atoms. The molecule has 6 heteroatoms. The molecule has 114 valence electrons. The number of benzene rings is 1. The van der Waals surface area contributed by atoms with E-state index in [1.54, 1.807) is 12.1 Å². The summed E-state index contributed by atoms with van der Waals surface area (Å²) in [5, 5.41) is 8.67. The molecule has 1 aromatic carbocycles. The van der Waals surface area contributed by atoms with Crippen LogP contribution in [0.15, 0.2) is 23.1 Å². The highest BCUT2D eigenvalue weighted by molar-refractivity contribution is 7.89. The molecular weight excluding hydrogens is 278 g/mol. The van der Waals surface area contributed by atoms with Crippen LogP contribution in [-0.2, 0) is 10.0 Å². The zero-order valence-corrected chi connectivity index (χ0v) is 12.9. The van der Waals surface area contributed by atoms with E-state index in [9.17, 15) is 8.42 Å². The van der Waals surface area contributed by atoms with E-state index in [-0.39, 0.29) is 18.0 Å². The maximum absolute atomic E-state index is 12.0. The monoisotopic (exact) mass is 301 g/mol. The van der Waals surface area contributed by atoms with Gasteiger partial charge in [0.05, 0.1) is 11.5 Å². The Bertz CT molecular complexity index is 514. The van der Waals surface area contributed by atoms with E-state index in [2.05, 4.69) is 11.6 Å². The maximum Gasteiger partial charge on any atom is 0.240 e. The molecule has 20 heavy (non-hydrogen) atoms. The standard InChI is InChI=1S/C14H23NO4S/c1-3-4-10-19-14-7-6-13(11-12(14)2)20(17,18)15-8-5-9-16/h6-7,11,15-16H,3-5,8-10H2,1-2H3. The van der Waals surface area contributed by atoms with Crippen LogP contribution in [0.5, 0.6) is 5.75 Å². The smallest absolute Gasteiger partial charge is 0.240 e. The summed E-state index contributed by atoms with van der Waals surface area (Å²) in [5.74, 6) is 0.716. The van der Waals surface area contributed by atoms with Crippen molar-refractivity contribution in [2.45, 2.75) is 38.0 Å². The van der Waals surface area contributed by atoms with Gasteiger partial charge < -0.3 is 9.84 Å². The number of hydrogen-bond acceptors (Lipinski definition) is 4. The summed E-state index contributed by atoms with van der Waals surface area (Å²) >= 11 is 0. The molecule has 0 fully saturated rings. The van der Waals surface area contributed by atoms with E-state index < -0.39 is 10.0 Å². The first-order valence-electron chi connectivity index (χ1n) is 6.85. The van der Waals surface area contributed by atoms with Gasteiger partial charge in [-0.15, -0.1) is 0 Å². The van der Waals surface area contributed by atoms with Crippen molar-refractivity contribution >= 4 is 10.0 Å². The highest BCUT2D eigenvalue weighted by atomic mass is 32.2. The Hall–Kier alpha value is -1.11. The molecule has 5 nitrogen and oxygen atoms in total. The average molecular weight is 301 g/mol. The predicted molar refractivity (Wildman–Crippen MR) is 78.5 cm³/mol. The first-order valence-corrected chi connectivity index (χ1v) is 8.33. The third-order valence-corrected chi connectivity index (χ3v) is 4.30. The van der Waals surface area contributed by atoms with Gasteiger partial charge >= 0.3 is 0 Å². The van der Waals surface area contributed by atoms with Gasteiger partial charge in [-0.2, -0.15) is 0 Å². The molecule has 0 saturated heterocycles. The predicted octanol–water partition coefficient (Wildman–Crippen LogP) is 1.83. The largest absolute Gasteiger partial charge is 0.493 e. The van der Waals surface area contributed by atoms with Crippen molar-refractivity contribution in [3.05, 3.63) is 23.8 Å². The number of unbranched alkanes of at least 4 members (excludes halogenated alkanes) is 1. The van der Waals surface area contributed by atoms with Gasteiger partial charge in [-0.25, -0.2) is 13.1 Å². The van der Waals surface area contributed by atoms with Crippen LogP contribution >= 0.6 is 0 Å². The molecule has 0 heterocycles. The van der Waals surface area contributed by atoms with Gasteiger partial charge in [0.25, 0.3) is 0 Å². The SMILES string of the molecule is CCCCOc1ccc(S(=O)(=O)NCCCO)cc1C. The summed E-state index contributed by atoms with van der Waals surface area (Å²) < 4.78 is 32.0. The normalized spacial score (nSPS) is 11.6. The van der Waals surface area contributed by atoms with Gasteiger partial charge in [-0.1, -0.05) is 13.3 Å². The lowest BCUT2D eigenvalue weighted by atomic mass is 10.2. The van der Waals surface area contributed by atoms with Crippen LogP contribution < -0.4 is 9.46 Å². The number of hydrogen-bond donors (Lipinski definition) is 2. The van der Waals surface area contributed by atoms with Crippen molar-refractivity contribution in [3.8, 4) is 5.75 Å². The number of nitrogens with one attached hydrogen (secondary N) is 1. The molecule has 0 spiro atoms. The summed E-state index contributed by atoms with van der Waals surface area (Å²) in [6.07, 6.45) is 2.43. The molecule has 0 radical (unpaired) electrons. The molecular formula is C14H23NO4S. The second-order valence-corrected chi connectivity index (χ2v) is 6.37. The summed E-state index contributed by atoms with van der Waals surface area (Å²) in [5.41, 5.74) is 0.797. The van der Waals surface area contributed by atoms with E-state index in [4.69, 9.17) is 9.84 Å². The van der Waals surface area contributed by atoms with Crippen molar-refractivity contribution in [1.82, 2.24) is 4.72 Å². The molecule has 0 atom stereocenters. The highest BCUT2D eigenvalue weighted by Crippen LogP contribution is 2.22. The zero-order chi connectivity index (χ0) is 15.0. The lowest BCUT2D eigenvalue weighted by Gasteiger charge is -2.11. The number of rotatable bonds is 9. The fourth-order valence-electron chi connectivity index (χ4n) is 1.65. The van der Waals surface area contributed by atoms with Crippen molar-refractivity contribution in [3.63, 3.8) is 0 Å². The fraction of sp³-hybridized carbons (Fsp3) is 0.571. The Labute approximate surface area is 121 Å². The molecule has 0 aromatic heterocycles. The minimum absolute atomic E-state index is 0.0360. The van der Waals surface area contributed by atoms with E-state index >= 15 is 0 Å². The Morgan fingerprint density at radius 1 is 1.30 bits per heavy atom. The topological polar surface area (TPSA) is 75.6 Å². The number of aliphatic hydroxyl groups excluding tert-OH is 1. The Morgan fingerprint density at radius 3 is 2.65 bits per heavy atom. The summed E-state index contributed by atoms with van der Waals surface area (Å²) in [6.45, 7) is 4.74. The number of aryl methyl sites for hydroxylation is 1. The second-order valence-electron chi connectivity index (χ2n) is 4.60. The number of sulfonamides is 1. The van der Waals surface area contributed by atoms with Crippen LogP contribution in [0.4, 0.5) is 0 Å². The van der Waals surface area contributed by atoms with Crippen molar-refractivity contribution < 1.29 is 18.3 Å². The molecule has 0 unspecified atom stereocenters. The Morgan fingerprint density at radius 2 is 2.05 bits per heavy atom. The van der Waals surface area contributed by atoms with Gasteiger partial charge in [0.15, 0.2) is 0 Å². The minimum atomic E-state index is -3.51. The quantitative estimate of drug-likeness (QED) is 0.682. The Balaban J connectivity index is 2.75. The van der Waals surface area contributed by atoms with Crippen LogP contribution in [0.3, 0.4) is 0 Å². The maximum atomic E-state index is 12.0.